The number of nitrogens with zero attached hydrogens (tertiary/aromatic N) is 4. The highest BCUT2D eigenvalue weighted by Gasteiger charge is 2.23. The number of carbonyl (C=O) groups is 1. The summed E-state index contributed by atoms with van der Waals surface area (Å²) in [6, 6.07) is 10.2. The fraction of sp³-hybridized carbons (Fsp3) is 0.524. The Bertz CT molecular complexity index is 896. The first-order valence-electron chi connectivity index (χ1n) is 10.3. The van der Waals surface area contributed by atoms with E-state index in [0.29, 0.717) is 19.6 Å². The Balaban J connectivity index is 1.74. The van der Waals surface area contributed by atoms with Gasteiger partial charge in [-0.25, -0.2) is 13.4 Å². The average molecular weight is 419 g/mol. The van der Waals surface area contributed by atoms with Crippen molar-refractivity contribution in [2.45, 2.75) is 44.4 Å². The molecule has 1 fully saturated rings. The van der Waals surface area contributed by atoms with E-state index in [2.05, 4.69) is 22.0 Å². The van der Waals surface area contributed by atoms with Gasteiger partial charge in [0.15, 0.2) is 0 Å². The van der Waals surface area contributed by atoms with Crippen LogP contribution in [0.15, 0.2) is 41.7 Å². The largest absolute Gasteiger partial charge is 0.344 e. The zero-order valence-electron chi connectivity index (χ0n) is 17.0. The Morgan fingerprint density at radius 2 is 1.90 bits per heavy atom. The van der Waals surface area contributed by atoms with Gasteiger partial charge in [0.05, 0.1) is 17.6 Å². The molecule has 8 heteroatoms. The summed E-state index contributed by atoms with van der Waals surface area (Å²) in [6.45, 7) is 6.05. The zero-order chi connectivity index (χ0) is 20.7. The van der Waals surface area contributed by atoms with Crippen LogP contribution in [0.25, 0.3) is 0 Å². The molecule has 0 atom stereocenters. The summed E-state index contributed by atoms with van der Waals surface area (Å²) in [5.41, 5.74) is 2.17. The molecule has 29 heavy (non-hydrogen) atoms. The predicted octanol–water partition coefficient (Wildman–Crippen LogP) is 1.97. The molecule has 0 unspecified atom stereocenters. The number of rotatable bonds is 9. The Hall–Kier alpha value is -2.19. The van der Waals surface area contributed by atoms with Gasteiger partial charge in [-0.3, -0.25) is 9.69 Å². The molecule has 0 saturated carbocycles. The average Bonchev–Trinajstić information content (AvgIpc) is 2.99. The fourth-order valence-electron chi connectivity index (χ4n) is 3.70. The van der Waals surface area contributed by atoms with Gasteiger partial charge in [0.2, 0.25) is 21.4 Å². The Morgan fingerprint density at radius 3 is 2.62 bits per heavy atom. The zero-order valence-corrected chi connectivity index (χ0v) is 17.9. The summed E-state index contributed by atoms with van der Waals surface area (Å²) in [4.78, 5) is 19.4. The van der Waals surface area contributed by atoms with Crippen LogP contribution in [0.5, 0.6) is 0 Å². The quantitative estimate of drug-likeness (QED) is 0.582. The summed E-state index contributed by atoms with van der Waals surface area (Å²) < 4.78 is 27.0. The highest BCUT2D eigenvalue weighted by Crippen LogP contribution is 2.17. The number of aryl methyl sites for hydroxylation is 1. The van der Waals surface area contributed by atoms with E-state index in [1.54, 1.807) is 18.0 Å². The lowest BCUT2D eigenvalue weighted by Crippen LogP contribution is -2.30. The van der Waals surface area contributed by atoms with E-state index in [-0.39, 0.29) is 10.9 Å². The molecule has 1 aliphatic heterocycles. The van der Waals surface area contributed by atoms with E-state index in [1.165, 1.54) is 5.56 Å². The first-order chi connectivity index (χ1) is 14.0. The molecule has 1 aliphatic rings. The van der Waals surface area contributed by atoms with Gasteiger partial charge in [0.1, 0.15) is 0 Å². The second-order valence-corrected chi connectivity index (χ2v) is 9.62. The maximum absolute atomic E-state index is 12.6. The molecule has 3 rings (SSSR count). The van der Waals surface area contributed by atoms with Crippen LogP contribution in [0.4, 0.5) is 0 Å². The number of carbonyl (C=O) groups excluding carboxylic acids is 1. The van der Waals surface area contributed by atoms with Gasteiger partial charge in [-0.2, -0.15) is 0 Å². The van der Waals surface area contributed by atoms with Crippen molar-refractivity contribution in [3.05, 3.63) is 47.8 Å². The lowest BCUT2D eigenvalue weighted by Gasteiger charge is -2.21. The van der Waals surface area contributed by atoms with Gasteiger partial charge >= 0.3 is 0 Å². The monoisotopic (exact) mass is 418 g/mol. The third kappa shape index (κ3) is 5.67. The molecule has 1 aromatic carbocycles. The number of benzene rings is 1. The van der Waals surface area contributed by atoms with Crippen LogP contribution in [-0.4, -0.2) is 66.1 Å². The molecular weight excluding hydrogens is 388 g/mol. The first-order valence-corrected chi connectivity index (χ1v) is 11.9. The van der Waals surface area contributed by atoms with Crippen molar-refractivity contribution < 1.29 is 13.2 Å². The molecule has 0 aliphatic carbocycles. The standard InChI is InChI=1S/C21H30N4O3S/c1-2-29(27,28)21-22-16-20(17-23-11-7-12-24(18-26)15-14-23)25(21)13-6-10-19-8-4-3-5-9-19/h3-5,8-9,16,18H,2,6-7,10-15,17H2,1H3. The van der Waals surface area contributed by atoms with Crippen molar-refractivity contribution in [1.29, 1.82) is 0 Å². The summed E-state index contributed by atoms with van der Waals surface area (Å²) >= 11 is 0. The van der Waals surface area contributed by atoms with Crippen molar-refractivity contribution in [2.24, 2.45) is 0 Å². The third-order valence-corrected chi connectivity index (χ3v) is 7.05. The lowest BCUT2D eigenvalue weighted by molar-refractivity contribution is -0.118. The molecule has 158 valence electrons. The van der Waals surface area contributed by atoms with Gasteiger partial charge in [0, 0.05) is 39.3 Å². The van der Waals surface area contributed by atoms with Crippen LogP contribution < -0.4 is 0 Å². The smallest absolute Gasteiger partial charge is 0.227 e. The topological polar surface area (TPSA) is 75.5 Å². The second kappa shape index (κ2) is 10.0. The van der Waals surface area contributed by atoms with E-state index in [9.17, 15) is 13.2 Å². The minimum Gasteiger partial charge on any atom is -0.344 e. The molecule has 0 spiro atoms. The van der Waals surface area contributed by atoms with Gasteiger partial charge < -0.3 is 9.47 Å². The van der Waals surface area contributed by atoms with Crippen molar-refractivity contribution in [2.75, 3.05) is 31.9 Å². The molecule has 0 radical (unpaired) electrons. The number of sulfone groups is 1. The molecular formula is C21H30N4O3S. The van der Waals surface area contributed by atoms with E-state index >= 15 is 0 Å². The molecule has 1 saturated heterocycles. The molecule has 0 bridgehead atoms. The molecule has 1 aromatic heterocycles. The predicted molar refractivity (Wildman–Crippen MR) is 112 cm³/mol. The number of hydrogen-bond acceptors (Lipinski definition) is 5. The van der Waals surface area contributed by atoms with E-state index in [4.69, 9.17) is 0 Å². The molecule has 0 N–H and O–H groups in total. The van der Waals surface area contributed by atoms with Gasteiger partial charge in [-0.05, 0) is 24.8 Å². The maximum Gasteiger partial charge on any atom is 0.227 e. The van der Waals surface area contributed by atoms with E-state index < -0.39 is 9.84 Å². The van der Waals surface area contributed by atoms with Gasteiger partial charge in [0.25, 0.3) is 0 Å². The Kier molecular flexibility index (Phi) is 7.44. The van der Waals surface area contributed by atoms with Gasteiger partial charge in [-0.1, -0.05) is 37.3 Å². The number of amides is 1. The third-order valence-electron chi connectivity index (χ3n) is 5.41. The van der Waals surface area contributed by atoms with Crippen LogP contribution in [0.1, 0.15) is 31.0 Å². The van der Waals surface area contributed by atoms with Crippen LogP contribution >= 0.6 is 0 Å². The minimum absolute atomic E-state index is 0.0418. The molecule has 1 amide bonds. The molecule has 2 aromatic rings. The molecule has 2 heterocycles. The van der Waals surface area contributed by atoms with Crippen LogP contribution in [0.3, 0.4) is 0 Å². The lowest BCUT2D eigenvalue weighted by atomic mass is 10.1. The second-order valence-electron chi connectivity index (χ2n) is 7.45. The highest BCUT2D eigenvalue weighted by molar-refractivity contribution is 7.91. The van der Waals surface area contributed by atoms with Crippen LogP contribution in [0, 0.1) is 0 Å². The Labute approximate surface area is 173 Å². The molecule has 7 nitrogen and oxygen atoms in total. The number of hydrogen-bond donors (Lipinski definition) is 0. The van der Waals surface area contributed by atoms with E-state index in [0.717, 1.165) is 51.0 Å². The van der Waals surface area contributed by atoms with Crippen molar-refractivity contribution in [1.82, 2.24) is 19.4 Å². The van der Waals surface area contributed by atoms with Crippen molar-refractivity contribution in [3.8, 4) is 0 Å². The number of imidazole rings is 1. The fourth-order valence-corrected chi connectivity index (χ4v) is 4.72. The number of aromatic nitrogens is 2. The highest BCUT2D eigenvalue weighted by atomic mass is 32.2. The van der Waals surface area contributed by atoms with Crippen molar-refractivity contribution in [3.63, 3.8) is 0 Å². The van der Waals surface area contributed by atoms with E-state index in [1.807, 2.05) is 22.8 Å². The summed E-state index contributed by atoms with van der Waals surface area (Å²) in [5.74, 6) is 0.0418. The SMILES string of the molecule is CCS(=O)(=O)c1ncc(CN2CCCN(C=O)CC2)n1CCCc1ccccc1. The van der Waals surface area contributed by atoms with Gasteiger partial charge in [-0.15, -0.1) is 0 Å². The summed E-state index contributed by atoms with van der Waals surface area (Å²) in [7, 11) is -3.39. The van der Waals surface area contributed by atoms with Crippen molar-refractivity contribution >= 4 is 16.2 Å². The first kappa shape index (κ1) is 21.5. The summed E-state index contributed by atoms with van der Waals surface area (Å²) in [6.07, 6.45) is 5.26. The van der Waals surface area contributed by atoms with Crippen LogP contribution in [0.2, 0.25) is 0 Å². The van der Waals surface area contributed by atoms with Crippen LogP contribution in [-0.2, 0) is 34.1 Å². The maximum atomic E-state index is 12.6. The summed E-state index contributed by atoms with van der Waals surface area (Å²) in [5, 5.41) is 0.174. The Morgan fingerprint density at radius 1 is 1.10 bits per heavy atom. The normalized spacial score (nSPS) is 16.0. The minimum atomic E-state index is -3.39.